The van der Waals surface area contributed by atoms with Crippen molar-refractivity contribution >= 4 is 27.3 Å². The normalized spacial score (nSPS) is 12.1. The predicted molar refractivity (Wildman–Crippen MR) is 93.1 cm³/mol. The van der Waals surface area contributed by atoms with Gasteiger partial charge in [0.2, 0.25) is 0 Å². The SMILES string of the molecule is CCCOc1ccc(C(Br)c2cccs2)cc1OCCC. The maximum Gasteiger partial charge on any atom is 0.161 e. The van der Waals surface area contributed by atoms with Gasteiger partial charge in [-0.25, -0.2) is 0 Å². The lowest BCUT2D eigenvalue weighted by Gasteiger charge is -2.15. The van der Waals surface area contributed by atoms with Gasteiger partial charge in [0.1, 0.15) is 0 Å². The Hall–Kier alpha value is -1.00. The summed E-state index contributed by atoms with van der Waals surface area (Å²) in [5.41, 5.74) is 1.19. The second kappa shape index (κ2) is 8.44. The molecule has 0 bridgehead atoms. The molecule has 2 nitrogen and oxygen atoms in total. The third-order valence-corrected chi connectivity index (χ3v) is 5.24. The van der Waals surface area contributed by atoms with Crippen LogP contribution in [0.1, 0.15) is 42.0 Å². The summed E-state index contributed by atoms with van der Waals surface area (Å²) in [7, 11) is 0. The number of hydrogen-bond acceptors (Lipinski definition) is 3. The molecule has 2 aromatic rings. The molecule has 1 unspecified atom stereocenters. The van der Waals surface area contributed by atoms with Gasteiger partial charge in [-0.1, -0.05) is 41.9 Å². The van der Waals surface area contributed by atoms with Crippen LogP contribution < -0.4 is 9.47 Å². The van der Waals surface area contributed by atoms with E-state index < -0.39 is 0 Å². The monoisotopic (exact) mass is 368 g/mol. The van der Waals surface area contributed by atoms with Gasteiger partial charge in [-0.05, 0) is 42.0 Å². The molecular formula is C17H21BrO2S. The van der Waals surface area contributed by atoms with Crippen LogP contribution in [0.2, 0.25) is 0 Å². The van der Waals surface area contributed by atoms with Crippen LogP contribution in [0, 0.1) is 0 Å². The van der Waals surface area contributed by atoms with Gasteiger partial charge in [0, 0.05) is 4.88 Å². The molecular weight excluding hydrogens is 348 g/mol. The van der Waals surface area contributed by atoms with Gasteiger partial charge < -0.3 is 9.47 Å². The van der Waals surface area contributed by atoms with E-state index in [4.69, 9.17) is 9.47 Å². The summed E-state index contributed by atoms with van der Waals surface area (Å²) < 4.78 is 11.6. The molecule has 0 N–H and O–H groups in total. The minimum Gasteiger partial charge on any atom is -0.490 e. The number of alkyl halides is 1. The maximum atomic E-state index is 5.85. The zero-order chi connectivity index (χ0) is 15.1. The van der Waals surface area contributed by atoms with Gasteiger partial charge in [0.05, 0.1) is 18.0 Å². The van der Waals surface area contributed by atoms with Crippen LogP contribution in [0.15, 0.2) is 35.7 Å². The average Bonchev–Trinajstić information content (AvgIpc) is 3.04. The van der Waals surface area contributed by atoms with Crippen LogP contribution >= 0.6 is 27.3 Å². The lowest BCUT2D eigenvalue weighted by atomic mass is 10.1. The highest BCUT2D eigenvalue weighted by Gasteiger charge is 2.15. The number of halogens is 1. The van der Waals surface area contributed by atoms with Crippen LogP contribution in [0.4, 0.5) is 0 Å². The number of rotatable bonds is 8. The molecule has 1 aromatic heterocycles. The van der Waals surface area contributed by atoms with E-state index in [-0.39, 0.29) is 4.83 Å². The first-order valence-corrected chi connectivity index (χ1v) is 9.12. The highest BCUT2D eigenvalue weighted by atomic mass is 79.9. The van der Waals surface area contributed by atoms with Gasteiger partial charge in [0.25, 0.3) is 0 Å². The van der Waals surface area contributed by atoms with Crippen molar-refractivity contribution in [3.63, 3.8) is 0 Å². The highest BCUT2D eigenvalue weighted by molar-refractivity contribution is 9.09. The van der Waals surface area contributed by atoms with E-state index in [9.17, 15) is 0 Å². The second-order valence-electron chi connectivity index (χ2n) is 4.78. The van der Waals surface area contributed by atoms with E-state index in [1.807, 2.05) is 6.07 Å². The number of benzene rings is 1. The van der Waals surface area contributed by atoms with Crippen molar-refractivity contribution in [2.45, 2.75) is 31.5 Å². The van der Waals surface area contributed by atoms with Crippen molar-refractivity contribution in [1.29, 1.82) is 0 Å². The fraction of sp³-hybridized carbons (Fsp3) is 0.412. The van der Waals surface area contributed by atoms with E-state index in [0.717, 1.165) is 24.3 Å². The van der Waals surface area contributed by atoms with E-state index in [1.54, 1.807) is 11.3 Å². The first kappa shape index (κ1) is 16.4. The Kier molecular flexibility index (Phi) is 6.58. The van der Waals surface area contributed by atoms with Crippen LogP contribution in [-0.2, 0) is 0 Å². The molecule has 0 aliphatic rings. The minimum atomic E-state index is 0.196. The van der Waals surface area contributed by atoms with Crippen LogP contribution in [-0.4, -0.2) is 13.2 Å². The fourth-order valence-corrected chi connectivity index (χ4v) is 3.43. The third-order valence-electron chi connectivity index (χ3n) is 2.98. The van der Waals surface area contributed by atoms with Crippen molar-refractivity contribution in [1.82, 2.24) is 0 Å². The molecule has 0 saturated heterocycles. The maximum absolute atomic E-state index is 5.85. The molecule has 114 valence electrons. The minimum absolute atomic E-state index is 0.196. The number of ether oxygens (including phenoxy) is 2. The quantitative estimate of drug-likeness (QED) is 0.547. The highest BCUT2D eigenvalue weighted by Crippen LogP contribution is 2.38. The molecule has 0 saturated carbocycles. The molecule has 0 radical (unpaired) electrons. The Morgan fingerprint density at radius 2 is 1.76 bits per heavy atom. The predicted octanol–water partition coefficient (Wildman–Crippen LogP) is 5.81. The summed E-state index contributed by atoms with van der Waals surface area (Å²) in [6.45, 7) is 5.63. The molecule has 0 amide bonds. The smallest absolute Gasteiger partial charge is 0.161 e. The second-order valence-corrected chi connectivity index (χ2v) is 6.68. The number of hydrogen-bond donors (Lipinski definition) is 0. The summed E-state index contributed by atoms with van der Waals surface area (Å²) in [5, 5.41) is 2.09. The van der Waals surface area contributed by atoms with E-state index >= 15 is 0 Å². The van der Waals surface area contributed by atoms with E-state index in [0.29, 0.717) is 13.2 Å². The molecule has 0 aliphatic carbocycles. The summed E-state index contributed by atoms with van der Waals surface area (Å²) in [4.78, 5) is 1.49. The fourth-order valence-electron chi connectivity index (χ4n) is 1.94. The van der Waals surface area contributed by atoms with Gasteiger partial charge in [-0.2, -0.15) is 0 Å². The van der Waals surface area contributed by atoms with Gasteiger partial charge in [0.15, 0.2) is 11.5 Å². The van der Waals surface area contributed by atoms with Crippen molar-refractivity contribution < 1.29 is 9.47 Å². The van der Waals surface area contributed by atoms with Gasteiger partial charge >= 0.3 is 0 Å². The summed E-state index contributed by atoms with van der Waals surface area (Å²) in [6.07, 6.45) is 1.98. The Bertz CT molecular complexity index is 540. The molecule has 0 fully saturated rings. The van der Waals surface area contributed by atoms with E-state index in [2.05, 4.69) is 59.4 Å². The van der Waals surface area contributed by atoms with Crippen molar-refractivity contribution in [2.24, 2.45) is 0 Å². The molecule has 0 spiro atoms. The number of thiophene rings is 1. The summed E-state index contributed by atoms with van der Waals surface area (Å²) in [6, 6.07) is 10.4. The lowest BCUT2D eigenvalue weighted by molar-refractivity contribution is 0.268. The molecule has 1 atom stereocenters. The van der Waals surface area contributed by atoms with Gasteiger partial charge in [-0.3, -0.25) is 0 Å². The first-order chi connectivity index (χ1) is 10.3. The van der Waals surface area contributed by atoms with Crippen molar-refractivity contribution in [3.05, 3.63) is 46.2 Å². The Morgan fingerprint density at radius 3 is 2.38 bits per heavy atom. The van der Waals surface area contributed by atoms with Crippen molar-refractivity contribution in [3.8, 4) is 11.5 Å². The zero-order valence-corrected chi connectivity index (χ0v) is 14.9. The summed E-state index contributed by atoms with van der Waals surface area (Å²) >= 11 is 5.52. The van der Waals surface area contributed by atoms with Crippen LogP contribution in [0.3, 0.4) is 0 Å². The van der Waals surface area contributed by atoms with Crippen molar-refractivity contribution in [2.75, 3.05) is 13.2 Å². The Balaban J connectivity index is 2.22. The lowest BCUT2D eigenvalue weighted by Crippen LogP contribution is -2.02. The topological polar surface area (TPSA) is 18.5 Å². The van der Waals surface area contributed by atoms with Crippen LogP contribution in [0.5, 0.6) is 11.5 Å². The zero-order valence-electron chi connectivity index (χ0n) is 12.5. The Morgan fingerprint density at radius 1 is 1.05 bits per heavy atom. The molecule has 0 aliphatic heterocycles. The molecule has 1 aromatic carbocycles. The third kappa shape index (κ3) is 4.48. The molecule has 1 heterocycles. The Labute approximate surface area is 139 Å². The standard InChI is InChI=1S/C17H21BrO2S/c1-3-9-19-14-8-7-13(12-15(14)20-10-4-2)17(18)16-6-5-11-21-16/h5-8,11-12,17H,3-4,9-10H2,1-2H3. The first-order valence-electron chi connectivity index (χ1n) is 7.33. The molecule has 21 heavy (non-hydrogen) atoms. The molecule has 4 heteroatoms. The largest absolute Gasteiger partial charge is 0.490 e. The van der Waals surface area contributed by atoms with E-state index in [1.165, 1.54) is 10.4 Å². The average molecular weight is 369 g/mol. The van der Waals surface area contributed by atoms with Crippen LogP contribution in [0.25, 0.3) is 0 Å². The summed E-state index contributed by atoms with van der Waals surface area (Å²) in [5.74, 6) is 1.67. The van der Waals surface area contributed by atoms with Gasteiger partial charge in [-0.15, -0.1) is 11.3 Å². The molecule has 2 rings (SSSR count).